The number of hydrogen-bond donors (Lipinski definition) is 1. The van der Waals surface area contributed by atoms with Gasteiger partial charge in [-0.3, -0.25) is 4.79 Å². The van der Waals surface area contributed by atoms with Crippen molar-refractivity contribution in [2.45, 2.75) is 23.8 Å². The zero-order valence-electron chi connectivity index (χ0n) is 21.7. The number of anilines is 1. The van der Waals surface area contributed by atoms with E-state index in [0.29, 0.717) is 25.3 Å². The van der Waals surface area contributed by atoms with Crippen molar-refractivity contribution in [2.75, 3.05) is 70.9 Å². The van der Waals surface area contributed by atoms with Gasteiger partial charge in [0, 0.05) is 58.0 Å². The molecule has 0 saturated carbocycles. The molecule has 0 radical (unpaired) electrons. The number of hydrogen-bond acceptors (Lipinski definition) is 7. The molecule has 38 heavy (non-hydrogen) atoms. The fourth-order valence-electron chi connectivity index (χ4n) is 5.79. The van der Waals surface area contributed by atoms with Gasteiger partial charge in [0.1, 0.15) is 5.75 Å². The number of rotatable bonds is 5. The van der Waals surface area contributed by atoms with Crippen molar-refractivity contribution in [1.29, 1.82) is 0 Å². The van der Waals surface area contributed by atoms with Gasteiger partial charge in [0.05, 0.1) is 11.5 Å². The van der Waals surface area contributed by atoms with Crippen molar-refractivity contribution in [3.8, 4) is 5.75 Å². The highest BCUT2D eigenvalue weighted by Crippen LogP contribution is 2.34. The number of carbonyl (C=O) groups is 1. The summed E-state index contributed by atoms with van der Waals surface area (Å²) in [6.07, 6.45) is 0.442. The Morgan fingerprint density at radius 3 is 2.45 bits per heavy atom. The number of sulfonamides is 1. The molecule has 2 aromatic rings. The van der Waals surface area contributed by atoms with E-state index in [1.165, 1.54) is 4.31 Å². The van der Waals surface area contributed by atoms with Gasteiger partial charge < -0.3 is 24.5 Å². The first-order chi connectivity index (χ1) is 18.3. The van der Waals surface area contributed by atoms with Crippen LogP contribution in [0.1, 0.15) is 23.7 Å². The van der Waals surface area contributed by atoms with Gasteiger partial charge in [0.15, 0.2) is 6.10 Å². The lowest BCUT2D eigenvalue weighted by atomic mass is 10.1. The average Bonchev–Trinajstić information content (AvgIpc) is 3.53. The summed E-state index contributed by atoms with van der Waals surface area (Å²) in [6.45, 7) is 5.65. The lowest BCUT2D eigenvalue weighted by Gasteiger charge is -2.34. The largest absolute Gasteiger partial charge is 0.493 e. The smallest absolute Gasteiger partial charge is 0.256 e. The SMILES string of the molecule is CN1CCN(c2cccc(C(O)C(=O)N3CC4=C(C3)CN(S(=O)(=O)c3ccc5c(c3)CCCO5)C4)c2)CC1. The Bertz CT molecular complexity index is 1370. The van der Waals surface area contributed by atoms with E-state index in [4.69, 9.17) is 4.74 Å². The molecule has 2 aromatic carbocycles. The summed E-state index contributed by atoms with van der Waals surface area (Å²) >= 11 is 0. The summed E-state index contributed by atoms with van der Waals surface area (Å²) in [5, 5.41) is 11.0. The maximum Gasteiger partial charge on any atom is 0.256 e. The normalized spacial score (nSPS) is 21.3. The fraction of sp³-hybridized carbons (Fsp3) is 0.464. The van der Waals surface area contributed by atoms with Crippen LogP contribution in [0.5, 0.6) is 5.75 Å². The molecule has 0 spiro atoms. The van der Waals surface area contributed by atoms with Gasteiger partial charge in [0.25, 0.3) is 5.91 Å². The predicted octanol–water partition coefficient (Wildman–Crippen LogP) is 1.64. The Kier molecular flexibility index (Phi) is 6.67. The second kappa shape index (κ2) is 10.00. The number of carbonyl (C=O) groups excluding carboxylic acids is 1. The van der Waals surface area contributed by atoms with Crippen molar-refractivity contribution in [3.63, 3.8) is 0 Å². The van der Waals surface area contributed by atoms with Gasteiger partial charge in [-0.05, 0) is 72.5 Å². The van der Waals surface area contributed by atoms with Gasteiger partial charge in [-0.15, -0.1) is 0 Å². The van der Waals surface area contributed by atoms with Crippen LogP contribution in [-0.2, 0) is 21.2 Å². The zero-order chi connectivity index (χ0) is 26.4. The minimum absolute atomic E-state index is 0.268. The third kappa shape index (κ3) is 4.70. The predicted molar refractivity (Wildman–Crippen MR) is 144 cm³/mol. The van der Waals surface area contributed by atoms with Gasteiger partial charge in [-0.2, -0.15) is 4.31 Å². The Hall–Kier alpha value is -2.92. The van der Waals surface area contributed by atoms with Crippen molar-refractivity contribution in [2.24, 2.45) is 0 Å². The molecular formula is C28H34N4O5S. The monoisotopic (exact) mass is 538 g/mol. The van der Waals surface area contributed by atoms with E-state index in [1.807, 2.05) is 18.2 Å². The second-order valence-corrected chi connectivity index (χ2v) is 12.6. The Morgan fingerprint density at radius 2 is 1.71 bits per heavy atom. The molecule has 4 heterocycles. The molecule has 0 bridgehead atoms. The number of nitrogens with zero attached hydrogens (tertiary/aromatic N) is 4. The number of amides is 1. The highest BCUT2D eigenvalue weighted by Gasteiger charge is 2.39. The van der Waals surface area contributed by atoms with Crippen LogP contribution in [0.4, 0.5) is 5.69 Å². The molecule has 4 aliphatic rings. The molecule has 4 aliphatic heterocycles. The van der Waals surface area contributed by atoms with Crippen LogP contribution in [0.15, 0.2) is 58.5 Å². The van der Waals surface area contributed by atoms with Crippen molar-refractivity contribution in [1.82, 2.24) is 14.1 Å². The van der Waals surface area contributed by atoms with E-state index >= 15 is 0 Å². The molecule has 1 saturated heterocycles. The molecule has 1 amide bonds. The summed E-state index contributed by atoms with van der Waals surface area (Å²) in [5.74, 6) is 0.415. The highest BCUT2D eigenvalue weighted by atomic mass is 32.2. The summed E-state index contributed by atoms with van der Waals surface area (Å²) < 4.78 is 33.9. The second-order valence-electron chi connectivity index (χ2n) is 10.7. The van der Waals surface area contributed by atoms with Crippen LogP contribution in [0.25, 0.3) is 0 Å². The zero-order valence-corrected chi connectivity index (χ0v) is 22.5. The van der Waals surface area contributed by atoms with E-state index in [-0.39, 0.29) is 23.9 Å². The van der Waals surface area contributed by atoms with E-state index in [9.17, 15) is 18.3 Å². The molecule has 9 nitrogen and oxygen atoms in total. The molecule has 202 valence electrons. The molecule has 0 aliphatic carbocycles. The summed E-state index contributed by atoms with van der Waals surface area (Å²) in [7, 11) is -1.55. The Morgan fingerprint density at radius 1 is 0.974 bits per heavy atom. The van der Waals surface area contributed by atoms with Crippen LogP contribution >= 0.6 is 0 Å². The summed E-state index contributed by atoms with van der Waals surface area (Å²) in [6, 6.07) is 12.7. The van der Waals surface area contributed by atoms with Crippen molar-refractivity contribution >= 4 is 21.6 Å². The van der Waals surface area contributed by atoms with E-state index in [1.54, 1.807) is 29.2 Å². The van der Waals surface area contributed by atoms with Gasteiger partial charge in [-0.25, -0.2) is 8.42 Å². The number of aliphatic hydroxyl groups excluding tert-OH is 1. The van der Waals surface area contributed by atoms with Crippen LogP contribution in [-0.4, -0.2) is 99.5 Å². The lowest BCUT2D eigenvalue weighted by molar-refractivity contribution is -0.139. The molecule has 10 heteroatoms. The van der Waals surface area contributed by atoms with Crippen molar-refractivity contribution < 1.29 is 23.1 Å². The highest BCUT2D eigenvalue weighted by molar-refractivity contribution is 7.89. The number of likely N-dealkylation sites (N-methyl/N-ethyl adjacent to an activating group) is 1. The first kappa shape index (κ1) is 25.4. The maximum atomic E-state index is 13.4. The quantitative estimate of drug-likeness (QED) is 0.579. The number of benzene rings is 2. The Balaban J connectivity index is 1.09. The topological polar surface area (TPSA) is 93.6 Å². The van der Waals surface area contributed by atoms with E-state index < -0.39 is 16.1 Å². The molecular weight excluding hydrogens is 504 g/mol. The molecule has 1 N–H and O–H groups in total. The Labute approximate surface area is 223 Å². The summed E-state index contributed by atoms with van der Waals surface area (Å²) in [4.78, 5) is 19.7. The van der Waals surface area contributed by atoms with Crippen LogP contribution in [0.2, 0.25) is 0 Å². The number of ether oxygens (including phenoxy) is 1. The van der Waals surface area contributed by atoms with E-state index in [2.05, 4.69) is 16.8 Å². The number of fused-ring (bicyclic) bond motifs is 1. The third-order valence-corrected chi connectivity index (χ3v) is 9.90. The van der Waals surface area contributed by atoms with E-state index in [0.717, 1.165) is 67.2 Å². The summed E-state index contributed by atoms with van der Waals surface area (Å²) in [5.41, 5.74) is 4.42. The van der Waals surface area contributed by atoms with Gasteiger partial charge >= 0.3 is 0 Å². The van der Waals surface area contributed by atoms with Crippen LogP contribution in [0, 0.1) is 0 Å². The molecule has 0 aromatic heterocycles. The minimum Gasteiger partial charge on any atom is -0.493 e. The number of aliphatic hydroxyl groups is 1. The molecule has 6 rings (SSSR count). The average molecular weight is 539 g/mol. The number of piperazine rings is 1. The number of aryl methyl sites for hydroxylation is 1. The molecule has 1 atom stereocenters. The van der Waals surface area contributed by atoms with Gasteiger partial charge in [-0.1, -0.05) is 12.1 Å². The first-order valence-electron chi connectivity index (χ1n) is 13.3. The lowest BCUT2D eigenvalue weighted by Crippen LogP contribution is -2.44. The molecule has 1 fully saturated rings. The first-order valence-corrected chi connectivity index (χ1v) is 14.7. The molecule has 1 unspecified atom stereocenters. The maximum absolute atomic E-state index is 13.4. The fourth-order valence-corrected chi connectivity index (χ4v) is 7.27. The third-order valence-electron chi connectivity index (χ3n) is 8.12. The standard InChI is InChI=1S/C28H34N4O5S/c1-29-9-11-30(12-10-29)24-6-2-4-21(14-24)27(33)28(34)31-16-22-18-32(19-23(22)17-31)38(35,36)25-7-8-26-20(15-25)5-3-13-37-26/h2,4,6-8,14-15,27,33H,3,5,9-13,16-19H2,1H3. The van der Waals surface area contributed by atoms with Crippen molar-refractivity contribution in [3.05, 3.63) is 64.7 Å². The van der Waals surface area contributed by atoms with Gasteiger partial charge in [0.2, 0.25) is 10.0 Å². The minimum atomic E-state index is -3.65. The van der Waals surface area contributed by atoms with Crippen LogP contribution < -0.4 is 9.64 Å². The van der Waals surface area contributed by atoms with Crippen LogP contribution in [0.3, 0.4) is 0 Å².